The van der Waals surface area contributed by atoms with Crippen molar-refractivity contribution in [2.75, 3.05) is 0 Å². The molecule has 4 heteroatoms. The zero-order chi connectivity index (χ0) is 10.0. The predicted molar refractivity (Wildman–Crippen MR) is 52.5 cm³/mol. The lowest BCUT2D eigenvalue weighted by Crippen LogP contribution is -1.98. The predicted octanol–water partition coefficient (Wildman–Crippen LogP) is 2.25. The first-order valence-electron chi connectivity index (χ1n) is 3.43. The minimum absolute atomic E-state index is 0.0874. The Labute approximate surface area is 83.5 Å². The van der Waals surface area contributed by atoms with E-state index < -0.39 is 5.97 Å². The van der Waals surface area contributed by atoms with Crippen molar-refractivity contribution in [1.82, 2.24) is 0 Å². The topological polar surface area (TPSA) is 57.5 Å². The van der Waals surface area contributed by atoms with Crippen molar-refractivity contribution in [2.45, 2.75) is 0 Å². The summed E-state index contributed by atoms with van der Waals surface area (Å²) in [6.07, 6.45) is 0. The quantitative estimate of drug-likeness (QED) is 0.783. The van der Waals surface area contributed by atoms with E-state index in [0.717, 1.165) is 0 Å². The van der Waals surface area contributed by atoms with E-state index in [9.17, 15) is 9.90 Å². The van der Waals surface area contributed by atoms with Crippen LogP contribution in [0.25, 0.3) is 5.57 Å². The molecule has 0 atom stereocenters. The zero-order valence-electron chi connectivity index (χ0n) is 6.62. The molecule has 0 fully saturated rings. The number of phenolic OH excluding ortho intramolecular Hbond substituents is 1. The van der Waals surface area contributed by atoms with E-state index in [2.05, 4.69) is 22.5 Å². The van der Waals surface area contributed by atoms with Gasteiger partial charge in [-0.1, -0.05) is 22.5 Å². The summed E-state index contributed by atoms with van der Waals surface area (Å²) >= 11 is 3.17. The molecule has 0 amide bonds. The summed E-state index contributed by atoms with van der Waals surface area (Å²) in [6, 6.07) is 4.54. The summed E-state index contributed by atoms with van der Waals surface area (Å²) in [4.78, 5) is 10.5. The van der Waals surface area contributed by atoms with E-state index in [1.54, 1.807) is 6.07 Å². The maximum absolute atomic E-state index is 10.5. The molecule has 0 spiro atoms. The number of carboxylic acid groups (broad SMARTS) is 1. The van der Waals surface area contributed by atoms with Gasteiger partial charge in [0.1, 0.15) is 5.75 Å². The lowest BCUT2D eigenvalue weighted by molar-refractivity contribution is -0.130. The third kappa shape index (κ3) is 2.09. The number of carboxylic acids is 1. The summed E-state index contributed by atoms with van der Waals surface area (Å²) in [5, 5.41) is 17.9. The van der Waals surface area contributed by atoms with E-state index in [0.29, 0.717) is 4.47 Å². The number of benzene rings is 1. The molecule has 0 radical (unpaired) electrons. The van der Waals surface area contributed by atoms with Crippen LogP contribution in [0.15, 0.2) is 29.3 Å². The van der Waals surface area contributed by atoms with Crippen molar-refractivity contribution >= 4 is 27.5 Å². The maximum Gasteiger partial charge on any atom is 0.335 e. The molecule has 2 N–H and O–H groups in total. The summed E-state index contributed by atoms with van der Waals surface area (Å²) in [5.74, 6) is -1.23. The number of hydrogen-bond donors (Lipinski definition) is 2. The Morgan fingerprint density at radius 1 is 1.46 bits per heavy atom. The van der Waals surface area contributed by atoms with Crippen LogP contribution in [0.4, 0.5) is 0 Å². The molecule has 0 bridgehead atoms. The average Bonchev–Trinajstić information content (AvgIpc) is 2.08. The Kier molecular flexibility index (Phi) is 2.72. The second kappa shape index (κ2) is 3.62. The highest BCUT2D eigenvalue weighted by molar-refractivity contribution is 9.10. The Hall–Kier alpha value is -1.29. The molecule has 1 aromatic carbocycles. The van der Waals surface area contributed by atoms with Gasteiger partial charge in [-0.2, -0.15) is 0 Å². The van der Waals surface area contributed by atoms with Gasteiger partial charge >= 0.3 is 5.97 Å². The first-order valence-corrected chi connectivity index (χ1v) is 4.22. The van der Waals surface area contributed by atoms with Crippen LogP contribution in [-0.4, -0.2) is 16.2 Å². The highest BCUT2D eigenvalue weighted by atomic mass is 79.9. The Bertz CT molecular complexity index is 371. The molecule has 0 aromatic heterocycles. The second-order valence-electron chi connectivity index (χ2n) is 2.45. The van der Waals surface area contributed by atoms with Crippen LogP contribution in [0, 0.1) is 0 Å². The molecule has 0 heterocycles. The lowest BCUT2D eigenvalue weighted by atomic mass is 10.1. The fourth-order valence-corrected chi connectivity index (χ4v) is 1.23. The zero-order valence-corrected chi connectivity index (χ0v) is 8.21. The van der Waals surface area contributed by atoms with Crippen LogP contribution in [0.5, 0.6) is 5.75 Å². The molecule has 3 nitrogen and oxygen atoms in total. The number of hydrogen-bond acceptors (Lipinski definition) is 2. The molecule has 0 aliphatic heterocycles. The Morgan fingerprint density at radius 3 is 2.62 bits per heavy atom. The molecular formula is C9H7BrO3. The van der Waals surface area contributed by atoms with Crippen LogP contribution in [0.2, 0.25) is 0 Å². The third-order valence-electron chi connectivity index (χ3n) is 1.54. The summed E-state index contributed by atoms with van der Waals surface area (Å²) < 4.78 is 0.697. The molecular weight excluding hydrogens is 236 g/mol. The van der Waals surface area contributed by atoms with Crippen molar-refractivity contribution in [3.8, 4) is 5.75 Å². The van der Waals surface area contributed by atoms with E-state index in [1.165, 1.54) is 12.1 Å². The average molecular weight is 243 g/mol. The minimum atomic E-state index is -1.14. The Balaban J connectivity index is 3.21. The molecule has 13 heavy (non-hydrogen) atoms. The highest BCUT2D eigenvalue weighted by Gasteiger charge is 2.11. The van der Waals surface area contributed by atoms with Gasteiger partial charge in [-0.05, 0) is 18.2 Å². The first-order chi connectivity index (χ1) is 6.02. The monoisotopic (exact) mass is 242 g/mol. The van der Waals surface area contributed by atoms with Crippen LogP contribution in [-0.2, 0) is 4.79 Å². The van der Waals surface area contributed by atoms with Gasteiger partial charge < -0.3 is 10.2 Å². The fraction of sp³-hybridized carbons (Fsp3) is 0. The smallest absolute Gasteiger partial charge is 0.335 e. The largest absolute Gasteiger partial charge is 0.507 e. The first kappa shape index (κ1) is 9.80. The van der Waals surface area contributed by atoms with Gasteiger partial charge in [0.05, 0.1) is 5.57 Å². The standard InChI is InChI=1S/C9H7BrO3/c1-5(9(12)13)7-4-6(10)2-3-8(7)11/h2-4,11H,1H2,(H,12,13). The molecule has 1 aromatic rings. The van der Waals surface area contributed by atoms with E-state index in [-0.39, 0.29) is 16.9 Å². The molecule has 68 valence electrons. The van der Waals surface area contributed by atoms with E-state index in [1.807, 2.05) is 0 Å². The number of aromatic hydroxyl groups is 1. The SMILES string of the molecule is C=C(C(=O)O)c1cc(Br)ccc1O. The number of rotatable bonds is 2. The molecule has 0 aliphatic carbocycles. The van der Waals surface area contributed by atoms with E-state index in [4.69, 9.17) is 5.11 Å². The molecule has 0 saturated carbocycles. The van der Waals surface area contributed by atoms with Gasteiger partial charge in [0.25, 0.3) is 0 Å². The van der Waals surface area contributed by atoms with Crippen molar-refractivity contribution in [3.63, 3.8) is 0 Å². The van der Waals surface area contributed by atoms with Crippen molar-refractivity contribution in [2.24, 2.45) is 0 Å². The van der Waals surface area contributed by atoms with Crippen LogP contribution in [0.3, 0.4) is 0 Å². The summed E-state index contributed by atoms with van der Waals surface area (Å²) in [7, 11) is 0. The van der Waals surface area contributed by atoms with Crippen molar-refractivity contribution < 1.29 is 15.0 Å². The van der Waals surface area contributed by atoms with Gasteiger partial charge in [0.15, 0.2) is 0 Å². The second-order valence-corrected chi connectivity index (χ2v) is 3.36. The van der Waals surface area contributed by atoms with Gasteiger partial charge in [-0.15, -0.1) is 0 Å². The number of halogens is 1. The van der Waals surface area contributed by atoms with Crippen molar-refractivity contribution in [1.29, 1.82) is 0 Å². The normalized spacial score (nSPS) is 9.62. The highest BCUT2D eigenvalue weighted by Crippen LogP contribution is 2.27. The molecule has 0 unspecified atom stereocenters. The number of aliphatic carboxylic acids is 1. The van der Waals surface area contributed by atoms with Gasteiger partial charge in [-0.3, -0.25) is 0 Å². The third-order valence-corrected chi connectivity index (χ3v) is 2.04. The maximum atomic E-state index is 10.5. The van der Waals surface area contributed by atoms with Gasteiger partial charge in [0, 0.05) is 10.0 Å². The van der Waals surface area contributed by atoms with Gasteiger partial charge in [-0.25, -0.2) is 4.79 Å². The fourth-order valence-electron chi connectivity index (χ4n) is 0.865. The molecule has 0 aliphatic rings. The number of carbonyl (C=O) groups is 1. The van der Waals surface area contributed by atoms with Gasteiger partial charge in [0.2, 0.25) is 0 Å². The lowest BCUT2D eigenvalue weighted by Gasteiger charge is -2.03. The Morgan fingerprint density at radius 2 is 2.08 bits per heavy atom. The summed E-state index contributed by atoms with van der Waals surface area (Å²) in [6.45, 7) is 3.35. The van der Waals surface area contributed by atoms with Crippen LogP contribution < -0.4 is 0 Å². The molecule has 1 rings (SSSR count). The molecule has 0 saturated heterocycles. The van der Waals surface area contributed by atoms with E-state index >= 15 is 0 Å². The van der Waals surface area contributed by atoms with Crippen LogP contribution in [0.1, 0.15) is 5.56 Å². The van der Waals surface area contributed by atoms with Crippen molar-refractivity contribution in [3.05, 3.63) is 34.8 Å². The van der Waals surface area contributed by atoms with Crippen LogP contribution >= 0.6 is 15.9 Å². The number of phenols is 1. The minimum Gasteiger partial charge on any atom is -0.507 e. The summed E-state index contributed by atoms with van der Waals surface area (Å²) in [5.41, 5.74) is 0.0978.